The topological polar surface area (TPSA) is 49.3 Å². The van der Waals surface area contributed by atoms with Crippen molar-refractivity contribution in [1.82, 2.24) is 10.2 Å². The summed E-state index contributed by atoms with van der Waals surface area (Å²) in [6, 6.07) is 6.60. The largest absolute Gasteiger partial charge is 0.378 e. The molecular formula is C23H38N4O2. The van der Waals surface area contributed by atoms with Crippen molar-refractivity contribution in [2.45, 2.75) is 58.3 Å². The SMILES string of the molecule is CCNC(=NCc1ccc(N(C)C)cc1C)N1CCC(OCC2CCCO2)CC1. The van der Waals surface area contributed by atoms with E-state index >= 15 is 0 Å². The summed E-state index contributed by atoms with van der Waals surface area (Å²) >= 11 is 0. The van der Waals surface area contributed by atoms with Gasteiger partial charge in [-0.25, -0.2) is 4.99 Å². The van der Waals surface area contributed by atoms with Crippen molar-refractivity contribution in [2.75, 3.05) is 51.8 Å². The highest BCUT2D eigenvalue weighted by atomic mass is 16.5. The lowest BCUT2D eigenvalue weighted by Gasteiger charge is -2.34. The summed E-state index contributed by atoms with van der Waals surface area (Å²) in [7, 11) is 4.15. The number of rotatable bonds is 7. The first-order chi connectivity index (χ1) is 14.1. The minimum Gasteiger partial charge on any atom is -0.378 e. The summed E-state index contributed by atoms with van der Waals surface area (Å²) in [5.41, 5.74) is 3.80. The van der Waals surface area contributed by atoms with Gasteiger partial charge in [-0.15, -0.1) is 0 Å². The number of aliphatic imine (C=N–C) groups is 1. The van der Waals surface area contributed by atoms with E-state index in [2.05, 4.69) is 61.3 Å². The van der Waals surface area contributed by atoms with Gasteiger partial charge < -0.3 is 24.6 Å². The van der Waals surface area contributed by atoms with Crippen LogP contribution in [0.15, 0.2) is 23.2 Å². The van der Waals surface area contributed by atoms with E-state index in [0.29, 0.717) is 18.8 Å². The Morgan fingerprint density at radius 3 is 2.69 bits per heavy atom. The van der Waals surface area contributed by atoms with Gasteiger partial charge in [0.2, 0.25) is 0 Å². The fourth-order valence-corrected chi connectivity index (χ4v) is 3.97. The van der Waals surface area contributed by atoms with E-state index < -0.39 is 0 Å². The zero-order valence-electron chi connectivity index (χ0n) is 18.6. The van der Waals surface area contributed by atoms with Gasteiger partial charge in [0.25, 0.3) is 0 Å². The third-order valence-electron chi connectivity index (χ3n) is 5.86. The van der Waals surface area contributed by atoms with Crippen molar-refractivity contribution in [3.8, 4) is 0 Å². The van der Waals surface area contributed by atoms with Crippen LogP contribution in [0.4, 0.5) is 5.69 Å². The minimum atomic E-state index is 0.314. The molecule has 0 bridgehead atoms. The first kappa shape index (κ1) is 21.9. The van der Waals surface area contributed by atoms with Gasteiger partial charge >= 0.3 is 0 Å². The fourth-order valence-electron chi connectivity index (χ4n) is 3.97. The van der Waals surface area contributed by atoms with E-state index in [1.165, 1.54) is 23.2 Å². The molecule has 1 unspecified atom stereocenters. The van der Waals surface area contributed by atoms with Gasteiger partial charge in [0.1, 0.15) is 0 Å². The van der Waals surface area contributed by atoms with Crippen molar-refractivity contribution in [3.05, 3.63) is 29.3 Å². The van der Waals surface area contributed by atoms with Crippen LogP contribution in [-0.4, -0.2) is 70.0 Å². The van der Waals surface area contributed by atoms with E-state index in [4.69, 9.17) is 14.5 Å². The Balaban J connectivity index is 1.53. The Bertz CT molecular complexity index is 663. The average Bonchev–Trinajstić information content (AvgIpc) is 3.24. The van der Waals surface area contributed by atoms with Gasteiger partial charge in [-0.2, -0.15) is 0 Å². The predicted octanol–water partition coefficient (Wildman–Crippen LogP) is 3.19. The molecule has 0 aliphatic carbocycles. The van der Waals surface area contributed by atoms with Crippen LogP contribution in [0.3, 0.4) is 0 Å². The van der Waals surface area contributed by atoms with Crippen LogP contribution < -0.4 is 10.2 Å². The molecular weight excluding hydrogens is 364 g/mol. The Morgan fingerprint density at radius 2 is 2.07 bits per heavy atom. The molecule has 6 heteroatoms. The first-order valence-corrected chi connectivity index (χ1v) is 11.1. The van der Waals surface area contributed by atoms with Crippen LogP contribution in [-0.2, 0) is 16.0 Å². The molecule has 0 amide bonds. The maximum atomic E-state index is 6.11. The summed E-state index contributed by atoms with van der Waals surface area (Å²) in [6.07, 6.45) is 5.08. The van der Waals surface area contributed by atoms with Crippen LogP contribution in [0.1, 0.15) is 43.7 Å². The number of ether oxygens (including phenoxy) is 2. The molecule has 0 radical (unpaired) electrons. The number of hydrogen-bond donors (Lipinski definition) is 1. The fraction of sp³-hybridized carbons (Fsp3) is 0.696. The number of nitrogens with zero attached hydrogens (tertiary/aromatic N) is 3. The molecule has 3 rings (SSSR count). The molecule has 2 saturated heterocycles. The van der Waals surface area contributed by atoms with Gasteiger partial charge in [-0.05, 0) is 62.8 Å². The van der Waals surface area contributed by atoms with Crippen molar-refractivity contribution in [3.63, 3.8) is 0 Å². The standard InChI is InChI=1S/C23H38N4O2/c1-5-24-23(25-16-19-8-9-20(26(3)4)15-18(19)2)27-12-10-21(11-13-27)29-17-22-7-6-14-28-22/h8-9,15,21-22H,5-7,10-14,16-17H2,1-4H3,(H,24,25). The molecule has 2 fully saturated rings. The zero-order valence-corrected chi connectivity index (χ0v) is 18.6. The van der Waals surface area contributed by atoms with Crippen LogP contribution in [0.2, 0.25) is 0 Å². The molecule has 1 aromatic carbocycles. The van der Waals surface area contributed by atoms with E-state index in [-0.39, 0.29) is 0 Å². The summed E-state index contributed by atoms with van der Waals surface area (Å²) in [4.78, 5) is 9.44. The lowest BCUT2D eigenvalue weighted by atomic mass is 10.1. The highest BCUT2D eigenvalue weighted by molar-refractivity contribution is 5.80. The summed E-state index contributed by atoms with van der Waals surface area (Å²) < 4.78 is 11.8. The maximum absolute atomic E-state index is 6.11. The van der Waals surface area contributed by atoms with Crippen molar-refractivity contribution in [2.24, 2.45) is 4.99 Å². The molecule has 6 nitrogen and oxygen atoms in total. The zero-order chi connectivity index (χ0) is 20.6. The highest BCUT2D eigenvalue weighted by Crippen LogP contribution is 2.20. The van der Waals surface area contributed by atoms with Crippen molar-refractivity contribution in [1.29, 1.82) is 0 Å². The summed E-state index contributed by atoms with van der Waals surface area (Å²) in [5.74, 6) is 1.01. The molecule has 2 aliphatic rings. The second-order valence-corrected chi connectivity index (χ2v) is 8.33. The second kappa shape index (κ2) is 10.8. The van der Waals surface area contributed by atoms with Gasteiger partial charge in [0, 0.05) is 46.0 Å². The van der Waals surface area contributed by atoms with Gasteiger partial charge in [-0.1, -0.05) is 6.07 Å². The lowest BCUT2D eigenvalue weighted by Crippen LogP contribution is -2.47. The maximum Gasteiger partial charge on any atom is 0.194 e. The second-order valence-electron chi connectivity index (χ2n) is 8.33. The van der Waals surface area contributed by atoms with E-state index in [0.717, 1.165) is 58.1 Å². The molecule has 162 valence electrons. The molecule has 1 aromatic rings. The number of likely N-dealkylation sites (tertiary alicyclic amines) is 1. The average molecular weight is 403 g/mol. The minimum absolute atomic E-state index is 0.314. The third kappa shape index (κ3) is 6.34. The first-order valence-electron chi connectivity index (χ1n) is 11.1. The predicted molar refractivity (Wildman–Crippen MR) is 120 cm³/mol. The number of guanidine groups is 1. The highest BCUT2D eigenvalue weighted by Gasteiger charge is 2.24. The number of hydrogen-bond acceptors (Lipinski definition) is 4. The normalized spacial score (nSPS) is 20.9. The summed E-state index contributed by atoms with van der Waals surface area (Å²) in [5, 5.41) is 3.47. The number of aryl methyl sites for hydroxylation is 1. The van der Waals surface area contributed by atoms with E-state index in [1.54, 1.807) is 0 Å². The number of nitrogens with one attached hydrogen (secondary N) is 1. The number of anilines is 1. The third-order valence-corrected chi connectivity index (χ3v) is 5.86. The monoisotopic (exact) mass is 402 g/mol. The molecule has 1 atom stereocenters. The smallest absolute Gasteiger partial charge is 0.194 e. The molecule has 29 heavy (non-hydrogen) atoms. The molecule has 0 saturated carbocycles. The Kier molecular flexibility index (Phi) is 8.19. The Labute approximate surface area is 176 Å². The van der Waals surface area contributed by atoms with Gasteiger partial charge in [0.15, 0.2) is 5.96 Å². The number of benzene rings is 1. The van der Waals surface area contributed by atoms with E-state index in [9.17, 15) is 0 Å². The van der Waals surface area contributed by atoms with Crippen LogP contribution in [0, 0.1) is 6.92 Å². The summed E-state index contributed by atoms with van der Waals surface area (Å²) in [6.45, 7) is 9.50. The van der Waals surface area contributed by atoms with Gasteiger partial charge in [-0.3, -0.25) is 0 Å². The van der Waals surface area contributed by atoms with Crippen LogP contribution in [0.5, 0.6) is 0 Å². The quantitative estimate of drug-likeness (QED) is 0.561. The van der Waals surface area contributed by atoms with Crippen molar-refractivity contribution < 1.29 is 9.47 Å². The van der Waals surface area contributed by atoms with Crippen molar-refractivity contribution >= 4 is 11.6 Å². The Morgan fingerprint density at radius 1 is 1.28 bits per heavy atom. The molecule has 0 aromatic heterocycles. The Hall–Kier alpha value is -1.79. The lowest BCUT2D eigenvalue weighted by molar-refractivity contribution is -0.0367. The van der Waals surface area contributed by atoms with Crippen LogP contribution in [0.25, 0.3) is 0 Å². The molecule has 2 heterocycles. The van der Waals surface area contributed by atoms with Gasteiger partial charge in [0.05, 0.1) is 25.4 Å². The molecule has 1 N–H and O–H groups in total. The number of piperidine rings is 1. The molecule has 0 spiro atoms. The van der Waals surface area contributed by atoms with Crippen LogP contribution >= 0.6 is 0 Å². The van der Waals surface area contributed by atoms with E-state index in [1.807, 2.05) is 0 Å². The molecule has 2 aliphatic heterocycles.